The van der Waals surface area contributed by atoms with Gasteiger partial charge in [0.1, 0.15) is 11.5 Å². The molecule has 1 aliphatic heterocycles. The number of fused-ring (bicyclic) bond motifs is 1. The van der Waals surface area contributed by atoms with Gasteiger partial charge in [0.05, 0.1) is 48.4 Å². The van der Waals surface area contributed by atoms with Crippen molar-refractivity contribution >= 4 is 43.8 Å². The molecule has 8 nitrogen and oxygen atoms in total. The number of ether oxygens (including phenoxy) is 3. The lowest BCUT2D eigenvalue weighted by atomic mass is 10.2. The molecule has 0 unspecified atom stereocenters. The van der Waals surface area contributed by atoms with E-state index in [1.807, 2.05) is 23.6 Å². The quantitative estimate of drug-likeness (QED) is 0.499. The summed E-state index contributed by atoms with van der Waals surface area (Å²) in [7, 11) is -0.447. The van der Waals surface area contributed by atoms with Gasteiger partial charge in [0.2, 0.25) is 10.0 Å². The third-order valence-electron chi connectivity index (χ3n) is 5.52. The maximum atomic E-state index is 13.1. The number of hydrogen-bond donors (Lipinski definition) is 0. The first-order valence-corrected chi connectivity index (χ1v) is 12.4. The molecule has 176 valence electrons. The Morgan fingerprint density at radius 3 is 2.39 bits per heavy atom. The number of nitrogens with zero attached hydrogens (tertiary/aromatic N) is 3. The average molecular weight is 492 g/mol. The van der Waals surface area contributed by atoms with Crippen molar-refractivity contribution in [3.63, 3.8) is 0 Å². The predicted octanol–water partition coefficient (Wildman–Crippen LogP) is 3.83. The lowest BCUT2D eigenvalue weighted by Gasteiger charge is -2.26. The summed E-state index contributed by atoms with van der Waals surface area (Å²) >= 11 is 6.69. The van der Waals surface area contributed by atoms with E-state index in [1.165, 1.54) is 4.31 Å². The van der Waals surface area contributed by atoms with Crippen LogP contribution in [0.3, 0.4) is 0 Å². The van der Waals surface area contributed by atoms with Crippen LogP contribution in [-0.2, 0) is 21.3 Å². The van der Waals surface area contributed by atoms with Crippen molar-refractivity contribution in [2.75, 3.05) is 40.5 Å². The summed E-state index contributed by atoms with van der Waals surface area (Å²) in [5.41, 5.74) is 2.17. The van der Waals surface area contributed by atoms with E-state index >= 15 is 0 Å². The fourth-order valence-corrected chi connectivity index (χ4v) is 5.53. The van der Waals surface area contributed by atoms with Crippen molar-refractivity contribution in [2.45, 2.75) is 18.4 Å². The zero-order valence-corrected chi connectivity index (χ0v) is 20.3. The van der Waals surface area contributed by atoms with Crippen LogP contribution in [0.4, 0.5) is 0 Å². The molecule has 0 amide bonds. The van der Waals surface area contributed by atoms with Crippen molar-refractivity contribution < 1.29 is 22.6 Å². The predicted molar refractivity (Wildman–Crippen MR) is 128 cm³/mol. The molecule has 0 bridgehead atoms. The maximum absolute atomic E-state index is 13.1. The Morgan fingerprint density at radius 2 is 1.79 bits per heavy atom. The topological polar surface area (TPSA) is 82.9 Å². The average Bonchev–Trinajstić information content (AvgIpc) is 3.22. The van der Waals surface area contributed by atoms with Crippen molar-refractivity contribution in [2.24, 2.45) is 0 Å². The summed E-state index contributed by atoms with van der Waals surface area (Å²) in [4.78, 5) is 4.89. The van der Waals surface area contributed by atoms with Crippen LogP contribution in [0.2, 0.25) is 0 Å². The number of sulfonamides is 1. The number of imidazole rings is 1. The molecule has 1 fully saturated rings. The smallest absolute Gasteiger partial charge is 0.243 e. The molecule has 1 aromatic heterocycles. The Balaban J connectivity index is 1.75. The monoisotopic (exact) mass is 491 g/mol. The summed E-state index contributed by atoms with van der Waals surface area (Å²) in [5, 5.41) is 0.418. The molecule has 33 heavy (non-hydrogen) atoms. The van der Waals surface area contributed by atoms with Crippen LogP contribution in [0, 0.1) is 0 Å². The van der Waals surface area contributed by atoms with Crippen molar-refractivity contribution in [1.29, 1.82) is 0 Å². The van der Waals surface area contributed by atoms with Crippen LogP contribution in [0.25, 0.3) is 22.1 Å². The van der Waals surface area contributed by atoms with Gasteiger partial charge in [0, 0.05) is 25.7 Å². The van der Waals surface area contributed by atoms with E-state index < -0.39 is 10.0 Å². The molecule has 2 heterocycles. The largest absolute Gasteiger partial charge is 0.497 e. The van der Waals surface area contributed by atoms with E-state index in [0.717, 1.165) is 11.1 Å². The highest BCUT2D eigenvalue weighted by Gasteiger charge is 2.27. The summed E-state index contributed by atoms with van der Waals surface area (Å²) in [6.45, 7) is 4.08. The van der Waals surface area contributed by atoms with E-state index in [9.17, 15) is 8.42 Å². The van der Waals surface area contributed by atoms with Crippen molar-refractivity contribution in [3.05, 3.63) is 47.8 Å². The summed E-state index contributed by atoms with van der Waals surface area (Å²) in [5.74, 6) is 1.84. The van der Waals surface area contributed by atoms with E-state index in [-0.39, 0.29) is 4.90 Å². The second kappa shape index (κ2) is 9.72. The number of benzene rings is 2. The van der Waals surface area contributed by atoms with Gasteiger partial charge < -0.3 is 18.8 Å². The van der Waals surface area contributed by atoms with Crippen LogP contribution >= 0.6 is 11.6 Å². The van der Waals surface area contributed by atoms with E-state index in [2.05, 4.69) is 4.98 Å². The number of aromatic nitrogens is 2. The molecule has 2 aromatic carbocycles. The minimum absolute atomic E-state index is 0.210. The highest BCUT2D eigenvalue weighted by molar-refractivity contribution is 7.89. The fraction of sp³-hybridized carbons (Fsp3) is 0.348. The molecule has 0 N–H and O–H groups in total. The molecule has 0 radical (unpaired) electrons. The van der Waals surface area contributed by atoms with Gasteiger partial charge >= 0.3 is 0 Å². The number of rotatable bonds is 7. The second-order valence-corrected chi connectivity index (χ2v) is 9.83. The van der Waals surface area contributed by atoms with Gasteiger partial charge in [0.25, 0.3) is 0 Å². The molecule has 1 saturated heterocycles. The molecule has 4 rings (SSSR count). The lowest BCUT2D eigenvalue weighted by molar-refractivity contribution is 0.0730. The van der Waals surface area contributed by atoms with Gasteiger partial charge in [-0.05, 0) is 48.9 Å². The lowest BCUT2D eigenvalue weighted by Crippen LogP contribution is -2.40. The summed E-state index contributed by atoms with van der Waals surface area (Å²) < 4.78 is 45.5. The highest BCUT2D eigenvalue weighted by atomic mass is 35.5. The first kappa shape index (κ1) is 23.6. The van der Waals surface area contributed by atoms with Gasteiger partial charge in [-0.2, -0.15) is 4.31 Å². The number of methoxy groups -OCH3 is 2. The number of morpholine rings is 1. The standard InChI is InChI=1S/C23H26ClN3O5S/c1-4-27-22-6-5-19(33(28,29)26-7-9-32-10-8-26)15-21(22)25-23(27)20(24)13-16-11-17(30-2)14-18(12-16)31-3/h5-6,11-15H,4,7-10H2,1-3H3. The first-order chi connectivity index (χ1) is 15.9. The normalized spacial score (nSPS) is 15.7. The fourth-order valence-electron chi connectivity index (χ4n) is 3.83. The SMILES string of the molecule is CCn1c(C(Cl)=Cc2cc(OC)cc(OC)c2)nc2cc(S(=O)(=O)N3CCOCC3)ccc21. The molecule has 0 atom stereocenters. The Labute approximate surface area is 198 Å². The number of hydrogen-bond acceptors (Lipinski definition) is 6. The molecule has 0 aliphatic carbocycles. The Morgan fingerprint density at radius 1 is 1.12 bits per heavy atom. The summed E-state index contributed by atoms with van der Waals surface area (Å²) in [6.07, 6.45) is 1.78. The summed E-state index contributed by atoms with van der Waals surface area (Å²) in [6, 6.07) is 10.5. The molecule has 1 aliphatic rings. The molecule has 10 heteroatoms. The third kappa shape index (κ3) is 4.72. The highest BCUT2D eigenvalue weighted by Crippen LogP contribution is 2.30. The second-order valence-electron chi connectivity index (χ2n) is 7.48. The van der Waals surface area contributed by atoms with Crippen molar-refractivity contribution in [1.82, 2.24) is 13.9 Å². The molecule has 0 saturated carbocycles. The zero-order valence-electron chi connectivity index (χ0n) is 18.7. The van der Waals surface area contributed by atoms with E-state index in [4.69, 9.17) is 25.8 Å². The van der Waals surface area contributed by atoms with E-state index in [0.29, 0.717) is 60.7 Å². The molecular weight excluding hydrogens is 466 g/mol. The van der Waals surface area contributed by atoms with Gasteiger partial charge in [-0.25, -0.2) is 13.4 Å². The molecule has 3 aromatic rings. The Hall–Kier alpha value is -2.59. The third-order valence-corrected chi connectivity index (χ3v) is 7.70. The van der Waals surface area contributed by atoms with Crippen LogP contribution in [0.15, 0.2) is 41.3 Å². The molecular formula is C23H26ClN3O5S. The van der Waals surface area contributed by atoms with E-state index in [1.54, 1.807) is 44.6 Å². The minimum atomic E-state index is -3.62. The first-order valence-electron chi connectivity index (χ1n) is 10.6. The van der Waals surface area contributed by atoms with Gasteiger partial charge in [-0.15, -0.1) is 0 Å². The maximum Gasteiger partial charge on any atom is 0.243 e. The van der Waals surface area contributed by atoms with Crippen LogP contribution in [-0.4, -0.2) is 62.8 Å². The Kier molecular flexibility index (Phi) is 6.94. The van der Waals surface area contributed by atoms with Crippen LogP contribution in [0.1, 0.15) is 18.3 Å². The minimum Gasteiger partial charge on any atom is -0.497 e. The number of aryl methyl sites for hydroxylation is 1. The van der Waals surface area contributed by atoms with Gasteiger partial charge in [0.15, 0.2) is 5.82 Å². The number of halogens is 1. The zero-order chi connectivity index (χ0) is 23.6. The van der Waals surface area contributed by atoms with Gasteiger partial charge in [-0.1, -0.05) is 11.6 Å². The molecule has 0 spiro atoms. The Bertz CT molecular complexity index is 1270. The van der Waals surface area contributed by atoms with Crippen molar-refractivity contribution in [3.8, 4) is 11.5 Å². The van der Waals surface area contributed by atoms with Gasteiger partial charge in [-0.3, -0.25) is 0 Å². The van der Waals surface area contributed by atoms with Crippen LogP contribution < -0.4 is 9.47 Å². The van der Waals surface area contributed by atoms with Crippen LogP contribution in [0.5, 0.6) is 11.5 Å².